The number of nitro benzene ring substituents is 1. The van der Waals surface area contributed by atoms with E-state index in [0.29, 0.717) is 23.6 Å². The molecular weight excluding hydrogens is 408 g/mol. The quantitative estimate of drug-likeness (QED) is 0.0886. The third-order valence-corrected chi connectivity index (χ3v) is 4.84. The van der Waals surface area contributed by atoms with Crippen LogP contribution in [0, 0.1) is 10.1 Å². The Morgan fingerprint density at radius 2 is 1.56 bits per heavy atom. The first-order valence-electron chi connectivity index (χ1n) is 10.7. The summed E-state index contributed by atoms with van der Waals surface area (Å²) in [5.41, 5.74) is 2.86. The highest BCUT2D eigenvalue weighted by Gasteiger charge is 2.06. The number of non-ortho nitro benzene ring substituents is 1. The van der Waals surface area contributed by atoms with Crippen molar-refractivity contribution in [1.82, 2.24) is 0 Å². The number of rotatable bonds is 13. The minimum Gasteiger partial charge on any atom is -0.462 e. The molecule has 0 aliphatic rings. The van der Waals surface area contributed by atoms with Crippen LogP contribution in [-0.4, -0.2) is 30.6 Å². The summed E-state index contributed by atoms with van der Waals surface area (Å²) in [5.74, 6) is -0.321. The summed E-state index contributed by atoms with van der Waals surface area (Å²) < 4.78 is 5.10. The van der Waals surface area contributed by atoms with Crippen LogP contribution in [0.4, 0.5) is 22.7 Å². The van der Waals surface area contributed by atoms with Crippen LogP contribution < -0.4 is 4.90 Å². The molecule has 0 bridgehead atoms. The number of benzene rings is 2. The summed E-state index contributed by atoms with van der Waals surface area (Å²) in [6, 6.07) is 13.8. The molecule has 0 saturated carbocycles. The fourth-order valence-electron chi connectivity index (χ4n) is 3.00. The first kappa shape index (κ1) is 24.7. The van der Waals surface area contributed by atoms with E-state index in [1.165, 1.54) is 12.1 Å². The fraction of sp³-hybridized carbons (Fsp3) is 0.375. The lowest BCUT2D eigenvalue weighted by molar-refractivity contribution is -0.384. The summed E-state index contributed by atoms with van der Waals surface area (Å²) >= 11 is 0. The van der Waals surface area contributed by atoms with Gasteiger partial charge in [-0.3, -0.25) is 10.1 Å². The number of nitro groups is 1. The summed E-state index contributed by atoms with van der Waals surface area (Å²) in [7, 11) is 0. The van der Waals surface area contributed by atoms with Gasteiger partial charge in [0.15, 0.2) is 0 Å². The van der Waals surface area contributed by atoms with Gasteiger partial charge in [0, 0.05) is 36.5 Å². The molecule has 2 rings (SSSR count). The number of carbonyl (C=O) groups excluding carboxylic acids is 1. The van der Waals surface area contributed by atoms with Gasteiger partial charge in [0.1, 0.15) is 0 Å². The molecule has 170 valence electrons. The van der Waals surface area contributed by atoms with E-state index < -0.39 is 4.92 Å². The predicted molar refractivity (Wildman–Crippen MR) is 126 cm³/mol. The third-order valence-electron chi connectivity index (χ3n) is 4.84. The molecule has 0 unspecified atom stereocenters. The Hall–Kier alpha value is -3.55. The number of esters is 1. The molecule has 0 N–H and O–H groups in total. The molecule has 0 aliphatic carbocycles. The number of unbranched alkanes of at least 4 members (excludes halogenated alkanes) is 3. The zero-order chi connectivity index (χ0) is 23.3. The molecule has 0 aliphatic heterocycles. The van der Waals surface area contributed by atoms with Gasteiger partial charge in [0.25, 0.3) is 5.69 Å². The first-order valence-corrected chi connectivity index (χ1v) is 10.7. The lowest BCUT2D eigenvalue weighted by atomic mass is 10.2. The molecule has 8 heteroatoms. The SMILES string of the molecule is C=C(C)C(=O)OCCCCCCN(CC)c1ccc(N=Nc2ccc([N+](=O)[O-])cc2)cc1. The zero-order valence-electron chi connectivity index (χ0n) is 18.7. The highest BCUT2D eigenvalue weighted by atomic mass is 16.6. The molecule has 0 spiro atoms. The van der Waals surface area contributed by atoms with E-state index in [4.69, 9.17) is 4.74 Å². The average Bonchev–Trinajstić information content (AvgIpc) is 2.80. The van der Waals surface area contributed by atoms with E-state index in [1.807, 2.05) is 24.3 Å². The number of hydrogen-bond acceptors (Lipinski definition) is 7. The monoisotopic (exact) mass is 438 g/mol. The first-order chi connectivity index (χ1) is 15.4. The topological polar surface area (TPSA) is 97.4 Å². The number of ether oxygens (including phenoxy) is 1. The Kier molecular flexibility index (Phi) is 10.0. The molecule has 0 aromatic heterocycles. The van der Waals surface area contributed by atoms with Crippen molar-refractivity contribution in [2.75, 3.05) is 24.6 Å². The van der Waals surface area contributed by atoms with Crippen LogP contribution in [0.15, 0.2) is 70.9 Å². The molecule has 0 saturated heterocycles. The molecule has 2 aromatic carbocycles. The second kappa shape index (κ2) is 13.0. The van der Waals surface area contributed by atoms with Crippen LogP contribution in [0.3, 0.4) is 0 Å². The maximum atomic E-state index is 11.3. The van der Waals surface area contributed by atoms with Crippen LogP contribution in [0.25, 0.3) is 0 Å². The Morgan fingerprint density at radius 1 is 1.00 bits per heavy atom. The predicted octanol–water partition coefficient (Wildman–Crippen LogP) is 6.52. The van der Waals surface area contributed by atoms with E-state index in [1.54, 1.807) is 19.1 Å². The molecule has 0 amide bonds. The van der Waals surface area contributed by atoms with Crippen molar-refractivity contribution >= 4 is 28.7 Å². The number of carbonyl (C=O) groups is 1. The van der Waals surface area contributed by atoms with Gasteiger partial charge in [-0.2, -0.15) is 10.2 Å². The third kappa shape index (κ3) is 8.29. The highest BCUT2D eigenvalue weighted by molar-refractivity contribution is 5.86. The van der Waals surface area contributed by atoms with Gasteiger partial charge in [0.2, 0.25) is 0 Å². The van der Waals surface area contributed by atoms with Crippen LogP contribution >= 0.6 is 0 Å². The van der Waals surface area contributed by atoms with Gasteiger partial charge in [-0.05, 0) is 69.5 Å². The molecule has 0 fully saturated rings. The van der Waals surface area contributed by atoms with Gasteiger partial charge < -0.3 is 9.64 Å². The van der Waals surface area contributed by atoms with Crippen molar-refractivity contribution in [3.8, 4) is 0 Å². The van der Waals surface area contributed by atoms with E-state index in [2.05, 4.69) is 28.6 Å². The second-order valence-electron chi connectivity index (χ2n) is 7.40. The van der Waals surface area contributed by atoms with Crippen molar-refractivity contribution in [1.29, 1.82) is 0 Å². The summed E-state index contributed by atoms with van der Waals surface area (Å²) in [6.45, 7) is 9.64. The molecule has 0 atom stereocenters. The Bertz CT molecular complexity index is 924. The fourth-order valence-corrected chi connectivity index (χ4v) is 3.00. The normalized spacial score (nSPS) is 10.8. The van der Waals surface area contributed by atoms with Crippen LogP contribution in [0.5, 0.6) is 0 Å². The van der Waals surface area contributed by atoms with Crippen LogP contribution in [0.1, 0.15) is 39.5 Å². The zero-order valence-corrected chi connectivity index (χ0v) is 18.7. The summed E-state index contributed by atoms with van der Waals surface area (Å²) in [4.78, 5) is 23.9. The molecular formula is C24H30N4O4. The van der Waals surface area contributed by atoms with Gasteiger partial charge in [0.05, 0.1) is 22.9 Å². The van der Waals surface area contributed by atoms with Crippen molar-refractivity contribution in [3.05, 3.63) is 70.8 Å². The van der Waals surface area contributed by atoms with Crippen molar-refractivity contribution in [2.24, 2.45) is 10.2 Å². The Morgan fingerprint density at radius 3 is 2.09 bits per heavy atom. The molecule has 0 heterocycles. The number of anilines is 1. The summed E-state index contributed by atoms with van der Waals surface area (Å²) in [5, 5.41) is 19.0. The van der Waals surface area contributed by atoms with Crippen LogP contribution in [-0.2, 0) is 9.53 Å². The maximum Gasteiger partial charge on any atom is 0.333 e. The maximum absolute atomic E-state index is 11.3. The summed E-state index contributed by atoms with van der Waals surface area (Å²) in [6.07, 6.45) is 4.01. The smallest absolute Gasteiger partial charge is 0.333 e. The van der Waals surface area contributed by atoms with Gasteiger partial charge in [-0.15, -0.1) is 0 Å². The minimum absolute atomic E-state index is 0.0270. The van der Waals surface area contributed by atoms with Gasteiger partial charge >= 0.3 is 5.97 Å². The number of azo groups is 1. The molecule has 8 nitrogen and oxygen atoms in total. The van der Waals surface area contributed by atoms with Crippen molar-refractivity contribution < 1.29 is 14.5 Å². The average molecular weight is 439 g/mol. The van der Waals surface area contributed by atoms with E-state index in [-0.39, 0.29) is 11.7 Å². The molecule has 0 radical (unpaired) electrons. The highest BCUT2D eigenvalue weighted by Crippen LogP contribution is 2.24. The van der Waals surface area contributed by atoms with E-state index in [0.717, 1.165) is 44.5 Å². The largest absolute Gasteiger partial charge is 0.462 e. The Labute approximate surface area is 188 Å². The van der Waals surface area contributed by atoms with Crippen LogP contribution in [0.2, 0.25) is 0 Å². The van der Waals surface area contributed by atoms with Gasteiger partial charge in [-0.1, -0.05) is 13.0 Å². The standard InChI is InChI=1S/C24H30N4O4/c1-4-27(17-7-5-6-8-18-32-24(29)19(2)3)22-13-9-20(10-14-22)25-26-21-11-15-23(16-12-21)28(30)31/h9-16H,2,4-8,17-18H2,1,3H3. The van der Waals surface area contributed by atoms with E-state index >= 15 is 0 Å². The van der Waals surface area contributed by atoms with E-state index in [9.17, 15) is 14.9 Å². The Balaban J connectivity index is 1.76. The number of nitrogens with zero attached hydrogens (tertiary/aromatic N) is 4. The van der Waals surface area contributed by atoms with Crippen molar-refractivity contribution in [2.45, 2.75) is 39.5 Å². The molecule has 2 aromatic rings. The molecule has 32 heavy (non-hydrogen) atoms. The minimum atomic E-state index is -0.444. The lowest BCUT2D eigenvalue weighted by Gasteiger charge is -2.23. The number of hydrogen-bond donors (Lipinski definition) is 0. The second-order valence-corrected chi connectivity index (χ2v) is 7.40. The van der Waals surface area contributed by atoms with Crippen molar-refractivity contribution in [3.63, 3.8) is 0 Å². The lowest BCUT2D eigenvalue weighted by Crippen LogP contribution is -2.23. The van der Waals surface area contributed by atoms with Gasteiger partial charge in [-0.25, -0.2) is 4.79 Å².